The van der Waals surface area contributed by atoms with Crippen LogP contribution in [0.1, 0.15) is 31.2 Å². The minimum Gasteiger partial charge on any atom is -0.424 e. The molecule has 2 N–H and O–H groups in total. The SMILES string of the molecule is C[C@]1(COP2(=O)OCCC(c3cc(F)cc(F)c3)O2)O[C@@H](n2ccc(N)nc2=O)[C@@H]2OC(=O)O[C@@H]21. The van der Waals surface area contributed by atoms with E-state index in [0.717, 1.165) is 16.7 Å². The summed E-state index contributed by atoms with van der Waals surface area (Å²) in [5.74, 6) is -1.64. The summed E-state index contributed by atoms with van der Waals surface area (Å²) in [6, 6.07) is 4.19. The van der Waals surface area contributed by atoms with Crippen LogP contribution in [0.2, 0.25) is 0 Å². The number of nitrogen functional groups attached to an aromatic ring is 1. The lowest BCUT2D eigenvalue weighted by molar-refractivity contribution is -0.131. The molecule has 3 fully saturated rings. The van der Waals surface area contributed by atoms with E-state index in [-0.39, 0.29) is 24.4 Å². The second kappa shape index (κ2) is 8.64. The lowest BCUT2D eigenvalue weighted by Gasteiger charge is -2.32. The summed E-state index contributed by atoms with van der Waals surface area (Å²) in [7, 11) is -4.22. The molecule has 0 spiro atoms. The van der Waals surface area contributed by atoms with Crippen molar-refractivity contribution in [2.45, 2.75) is 43.5 Å². The minimum atomic E-state index is -4.22. The molecule has 12 nitrogen and oxygen atoms in total. The molecular weight excluding hydrogens is 495 g/mol. The molecule has 0 bridgehead atoms. The molecule has 3 aliphatic heterocycles. The number of nitrogens with two attached hydrogens (primary N) is 1. The van der Waals surface area contributed by atoms with Crippen LogP contribution in [-0.2, 0) is 32.3 Å². The minimum absolute atomic E-state index is 0.0102. The first-order valence-corrected chi connectivity index (χ1v) is 11.9. The maximum absolute atomic E-state index is 13.6. The predicted octanol–water partition coefficient (Wildman–Crippen LogP) is 2.60. The van der Waals surface area contributed by atoms with Gasteiger partial charge < -0.3 is 19.9 Å². The molecule has 0 amide bonds. The summed E-state index contributed by atoms with van der Waals surface area (Å²) >= 11 is 0. The van der Waals surface area contributed by atoms with E-state index in [1.165, 1.54) is 19.2 Å². The van der Waals surface area contributed by atoms with Gasteiger partial charge in [-0.3, -0.25) is 18.1 Å². The molecule has 3 saturated heterocycles. The van der Waals surface area contributed by atoms with Crippen molar-refractivity contribution in [2.75, 3.05) is 18.9 Å². The lowest BCUT2D eigenvalue weighted by Crippen LogP contribution is -2.43. The predicted molar refractivity (Wildman–Crippen MR) is 111 cm³/mol. The normalized spacial score (nSPS) is 34.3. The van der Waals surface area contributed by atoms with Crippen molar-refractivity contribution in [1.29, 1.82) is 0 Å². The van der Waals surface area contributed by atoms with Crippen LogP contribution >= 0.6 is 7.82 Å². The Balaban J connectivity index is 1.34. The van der Waals surface area contributed by atoms with Gasteiger partial charge in [0, 0.05) is 18.7 Å². The van der Waals surface area contributed by atoms with Gasteiger partial charge in [-0.1, -0.05) is 0 Å². The van der Waals surface area contributed by atoms with Gasteiger partial charge in [-0.2, -0.15) is 4.98 Å². The Morgan fingerprint density at radius 3 is 2.71 bits per heavy atom. The quantitative estimate of drug-likeness (QED) is 0.462. The van der Waals surface area contributed by atoms with Gasteiger partial charge in [0.1, 0.15) is 23.1 Å². The van der Waals surface area contributed by atoms with Crippen molar-refractivity contribution >= 4 is 19.8 Å². The van der Waals surface area contributed by atoms with E-state index in [4.69, 9.17) is 33.5 Å². The number of ether oxygens (including phenoxy) is 3. The smallest absolute Gasteiger partial charge is 0.424 e. The fourth-order valence-corrected chi connectivity index (χ4v) is 5.66. The van der Waals surface area contributed by atoms with Crippen molar-refractivity contribution < 1.29 is 45.9 Å². The standard InChI is InChI=1S/C20H20F2N3O9P/c1-20(9-30-35(28)29-5-3-13(34-35)10-6-11(21)8-12(22)7-10)16-15(31-19(27)32-16)17(33-20)25-4-2-14(23)24-18(25)26/h2,4,6-8,13,15-17H,3,5,9H2,1H3,(H2,23,24,26)/t13?,15-,16+,17-,20-,35?/m1/s1. The fraction of sp³-hybridized carbons (Fsp3) is 0.450. The van der Waals surface area contributed by atoms with Gasteiger partial charge in [-0.15, -0.1) is 0 Å². The van der Waals surface area contributed by atoms with Crippen LogP contribution < -0.4 is 11.4 Å². The molecular formula is C20H20F2N3O9P. The summed E-state index contributed by atoms with van der Waals surface area (Å²) in [4.78, 5) is 27.8. The summed E-state index contributed by atoms with van der Waals surface area (Å²) in [6.45, 7) is 0.953. The number of carbonyl (C=O) groups is 1. The molecule has 6 atom stereocenters. The zero-order valence-corrected chi connectivity index (χ0v) is 19.1. The Morgan fingerprint density at radius 2 is 2.00 bits per heavy atom. The van der Waals surface area contributed by atoms with Crippen molar-refractivity contribution in [2.24, 2.45) is 0 Å². The number of hydrogen-bond donors (Lipinski definition) is 1. The Bertz CT molecular complexity index is 1260. The van der Waals surface area contributed by atoms with E-state index < -0.39 is 68.0 Å². The Kier molecular flexibility index (Phi) is 5.88. The third-order valence-corrected chi connectivity index (χ3v) is 7.26. The van der Waals surface area contributed by atoms with Crippen LogP contribution in [-0.4, -0.2) is 46.7 Å². The molecule has 0 radical (unpaired) electrons. The van der Waals surface area contributed by atoms with Crippen molar-refractivity contribution in [1.82, 2.24) is 9.55 Å². The molecule has 2 aromatic rings. The number of fused-ring (bicyclic) bond motifs is 1. The largest absolute Gasteiger partial charge is 0.509 e. The zero-order valence-electron chi connectivity index (χ0n) is 18.2. The van der Waals surface area contributed by atoms with Crippen molar-refractivity contribution in [3.63, 3.8) is 0 Å². The number of hydrogen-bond acceptors (Lipinski definition) is 11. The lowest BCUT2D eigenvalue weighted by atomic mass is 9.99. The first kappa shape index (κ1) is 23.8. The van der Waals surface area contributed by atoms with Gasteiger partial charge in [0.15, 0.2) is 18.4 Å². The fourth-order valence-electron chi connectivity index (χ4n) is 4.19. The number of phosphoric ester groups is 1. The maximum Gasteiger partial charge on any atom is 0.509 e. The van der Waals surface area contributed by atoms with Crippen LogP contribution in [0, 0.1) is 11.6 Å². The van der Waals surface area contributed by atoms with Crippen molar-refractivity contribution in [3.05, 3.63) is 58.1 Å². The van der Waals surface area contributed by atoms with E-state index in [9.17, 15) is 22.9 Å². The molecule has 1 aromatic carbocycles. The number of halogens is 2. The monoisotopic (exact) mass is 515 g/mol. The van der Waals surface area contributed by atoms with E-state index >= 15 is 0 Å². The van der Waals surface area contributed by atoms with Crippen LogP contribution in [0.15, 0.2) is 35.3 Å². The highest BCUT2D eigenvalue weighted by molar-refractivity contribution is 7.48. The van der Waals surface area contributed by atoms with Gasteiger partial charge in [0.2, 0.25) is 0 Å². The highest BCUT2D eigenvalue weighted by Crippen LogP contribution is 2.58. The number of nitrogens with zero attached hydrogens (tertiary/aromatic N) is 2. The van der Waals surface area contributed by atoms with Gasteiger partial charge >= 0.3 is 19.7 Å². The number of aromatic nitrogens is 2. The Morgan fingerprint density at radius 1 is 1.26 bits per heavy atom. The molecule has 0 saturated carbocycles. The van der Waals surface area contributed by atoms with Crippen molar-refractivity contribution in [3.8, 4) is 0 Å². The maximum atomic E-state index is 13.6. The average molecular weight is 515 g/mol. The second-order valence-corrected chi connectivity index (χ2v) is 10.00. The topological polar surface area (TPSA) is 150 Å². The number of rotatable bonds is 5. The zero-order chi connectivity index (χ0) is 25.0. The van der Waals surface area contributed by atoms with Crippen LogP contribution in [0.4, 0.5) is 19.4 Å². The third kappa shape index (κ3) is 4.55. The first-order chi connectivity index (χ1) is 16.6. The molecule has 15 heteroatoms. The molecule has 1 aromatic heterocycles. The van der Waals surface area contributed by atoms with Gasteiger partial charge in [-0.05, 0) is 30.7 Å². The molecule has 35 heavy (non-hydrogen) atoms. The molecule has 5 rings (SSSR count). The second-order valence-electron chi connectivity index (χ2n) is 8.37. The van der Waals surface area contributed by atoms with Gasteiger partial charge in [0.05, 0.1) is 19.3 Å². The van der Waals surface area contributed by atoms with Crippen LogP contribution in [0.3, 0.4) is 0 Å². The average Bonchev–Trinajstić information content (AvgIpc) is 3.29. The summed E-state index contributed by atoms with van der Waals surface area (Å²) < 4.78 is 74.0. The summed E-state index contributed by atoms with van der Waals surface area (Å²) in [5, 5.41) is 0. The Hall–Kier alpha value is -2.90. The summed E-state index contributed by atoms with van der Waals surface area (Å²) in [6.07, 6.45) is -3.67. The molecule has 4 heterocycles. The number of anilines is 1. The molecule has 2 unspecified atom stereocenters. The summed E-state index contributed by atoms with van der Waals surface area (Å²) in [5.41, 5.74) is 3.45. The van der Waals surface area contributed by atoms with E-state index in [1.807, 2.05) is 0 Å². The number of carbonyl (C=O) groups excluding carboxylic acids is 1. The van der Waals surface area contributed by atoms with E-state index in [2.05, 4.69) is 4.98 Å². The molecule has 3 aliphatic rings. The molecule has 0 aliphatic carbocycles. The molecule has 188 valence electrons. The van der Waals surface area contributed by atoms with Gasteiger partial charge in [0.25, 0.3) is 0 Å². The number of benzene rings is 1. The third-order valence-electron chi connectivity index (χ3n) is 5.80. The van der Waals surface area contributed by atoms with Crippen LogP contribution in [0.25, 0.3) is 0 Å². The first-order valence-electron chi connectivity index (χ1n) is 10.5. The number of phosphoric acid groups is 1. The highest BCUT2D eigenvalue weighted by atomic mass is 31.2. The van der Waals surface area contributed by atoms with E-state index in [0.29, 0.717) is 6.07 Å². The van der Waals surface area contributed by atoms with Gasteiger partial charge in [-0.25, -0.2) is 22.9 Å². The van der Waals surface area contributed by atoms with Crippen LogP contribution in [0.5, 0.6) is 0 Å². The van der Waals surface area contributed by atoms with E-state index in [1.54, 1.807) is 0 Å². The highest BCUT2D eigenvalue weighted by Gasteiger charge is 2.62. The Labute approximate surface area is 196 Å².